The number of rotatable bonds is 1. The number of methoxy groups -OCH3 is 1. The van der Waals surface area contributed by atoms with E-state index in [1.165, 1.54) is 0 Å². The lowest BCUT2D eigenvalue weighted by Crippen LogP contribution is -2.34. The van der Waals surface area contributed by atoms with Gasteiger partial charge in [-0.05, 0) is 0 Å². The minimum atomic E-state index is -4.33. The summed E-state index contributed by atoms with van der Waals surface area (Å²) in [4.78, 5) is 10.9. The monoisotopic (exact) mass is 197 g/mol. The first-order valence-electron chi connectivity index (χ1n) is 3.82. The molecular weight excluding hydrogens is 187 g/mol. The number of carbonyl (C=O) groups excluding carboxylic acids is 1. The van der Waals surface area contributed by atoms with Crippen molar-refractivity contribution in [3.05, 3.63) is 0 Å². The molecule has 1 fully saturated rings. The van der Waals surface area contributed by atoms with Crippen LogP contribution in [0.25, 0.3) is 0 Å². The van der Waals surface area contributed by atoms with Gasteiger partial charge in [-0.3, -0.25) is 4.79 Å². The topological polar surface area (TPSA) is 38.3 Å². The molecule has 0 aromatic rings. The summed E-state index contributed by atoms with van der Waals surface area (Å²) >= 11 is 0. The first kappa shape index (κ1) is 10.3. The largest absolute Gasteiger partial charge is 0.469 e. The van der Waals surface area contributed by atoms with Crippen molar-refractivity contribution in [2.45, 2.75) is 6.18 Å². The Hall–Kier alpha value is -0.780. The smallest absolute Gasteiger partial charge is 0.393 e. The standard InChI is InChI=1S/C7H10F3NO2/c1-13-6(12)4-2-11-3-5(4)7(8,9)10/h4-5,11H,2-3H2,1H3. The van der Waals surface area contributed by atoms with E-state index in [1.54, 1.807) is 0 Å². The highest BCUT2D eigenvalue weighted by Crippen LogP contribution is 2.34. The van der Waals surface area contributed by atoms with Crippen LogP contribution in [0.1, 0.15) is 0 Å². The summed E-state index contributed by atoms with van der Waals surface area (Å²) in [7, 11) is 1.09. The van der Waals surface area contributed by atoms with Gasteiger partial charge >= 0.3 is 12.1 Å². The SMILES string of the molecule is COC(=O)C1CNCC1C(F)(F)F. The van der Waals surface area contributed by atoms with Crippen LogP contribution in [0.15, 0.2) is 0 Å². The number of nitrogens with one attached hydrogen (secondary N) is 1. The van der Waals surface area contributed by atoms with Gasteiger partial charge in [-0.2, -0.15) is 13.2 Å². The Balaban J connectivity index is 2.70. The summed E-state index contributed by atoms with van der Waals surface area (Å²) < 4.78 is 41.1. The second kappa shape index (κ2) is 3.53. The highest BCUT2D eigenvalue weighted by Gasteiger charge is 2.50. The van der Waals surface area contributed by atoms with Gasteiger partial charge < -0.3 is 10.1 Å². The van der Waals surface area contributed by atoms with E-state index in [9.17, 15) is 18.0 Å². The van der Waals surface area contributed by atoms with Gasteiger partial charge in [0.15, 0.2) is 0 Å². The lowest BCUT2D eigenvalue weighted by molar-refractivity contribution is -0.188. The van der Waals surface area contributed by atoms with Gasteiger partial charge in [0.1, 0.15) is 0 Å². The predicted molar refractivity (Wildman–Crippen MR) is 37.9 cm³/mol. The van der Waals surface area contributed by atoms with Gasteiger partial charge in [0, 0.05) is 13.1 Å². The number of hydrogen-bond acceptors (Lipinski definition) is 3. The molecule has 0 saturated carbocycles. The Morgan fingerprint density at radius 2 is 2.08 bits per heavy atom. The van der Waals surface area contributed by atoms with Crippen LogP contribution in [0, 0.1) is 11.8 Å². The van der Waals surface area contributed by atoms with E-state index in [0.717, 1.165) is 7.11 Å². The molecule has 0 aromatic heterocycles. The molecule has 0 spiro atoms. The molecule has 0 aromatic carbocycles. The van der Waals surface area contributed by atoms with Crippen LogP contribution in [0.4, 0.5) is 13.2 Å². The van der Waals surface area contributed by atoms with Crippen LogP contribution < -0.4 is 5.32 Å². The molecule has 1 aliphatic heterocycles. The van der Waals surface area contributed by atoms with Crippen molar-refractivity contribution in [2.75, 3.05) is 20.2 Å². The Morgan fingerprint density at radius 1 is 1.46 bits per heavy atom. The van der Waals surface area contributed by atoms with Crippen molar-refractivity contribution in [1.29, 1.82) is 0 Å². The lowest BCUT2D eigenvalue weighted by atomic mass is 9.96. The lowest BCUT2D eigenvalue weighted by Gasteiger charge is -2.18. The summed E-state index contributed by atoms with van der Waals surface area (Å²) in [5.41, 5.74) is 0. The number of carbonyl (C=O) groups is 1. The highest BCUT2D eigenvalue weighted by atomic mass is 19.4. The van der Waals surface area contributed by atoms with Gasteiger partial charge in [-0.15, -0.1) is 0 Å². The molecule has 0 aliphatic carbocycles. The zero-order valence-electron chi connectivity index (χ0n) is 7.02. The van der Waals surface area contributed by atoms with Gasteiger partial charge in [-0.1, -0.05) is 0 Å². The van der Waals surface area contributed by atoms with E-state index in [-0.39, 0.29) is 13.1 Å². The fourth-order valence-electron chi connectivity index (χ4n) is 1.42. The van der Waals surface area contributed by atoms with E-state index in [4.69, 9.17) is 0 Å². The molecule has 13 heavy (non-hydrogen) atoms. The van der Waals surface area contributed by atoms with E-state index in [0.29, 0.717) is 0 Å². The molecule has 0 radical (unpaired) electrons. The van der Waals surface area contributed by atoms with Gasteiger partial charge in [-0.25, -0.2) is 0 Å². The van der Waals surface area contributed by atoms with Crippen molar-refractivity contribution in [1.82, 2.24) is 5.32 Å². The van der Waals surface area contributed by atoms with E-state index in [2.05, 4.69) is 10.1 Å². The average molecular weight is 197 g/mol. The molecule has 2 atom stereocenters. The van der Waals surface area contributed by atoms with Crippen LogP contribution in [0.5, 0.6) is 0 Å². The Labute approximate surface area is 73.2 Å². The van der Waals surface area contributed by atoms with Gasteiger partial charge in [0.05, 0.1) is 18.9 Å². The zero-order valence-corrected chi connectivity index (χ0v) is 7.02. The molecule has 1 heterocycles. The Morgan fingerprint density at radius 3 is 2.54 bits per heavy atom. The molecule has 1 rings (SSSR count). The third-order valence-corrected chi connectivity index (χ3v) is 2.14. The van der Waals surface area contributed by atoms with Crippen LogP contribution in [-0.2, 0) is 9.53 Å². The minimum Gasteiger partial charge on any atom is -0.469 e. The van der Waals surface area contributed by atoms with Crippen LogP contribution in [0.2, 0.25) is 0 Å². The molecule has 0 bridgehead atoms. The maximum atomic E-state index is 12.3. The van der Waals surface area contributed by atoms with E-state index >= 15 is 0 Å². The molecule has 1 aliphatic rings. The summed E-state index contributed by atoms with van der Waals surface area (Å²) in [5, 5.41) is 2.52. The Bertz CT molecular complexity index is 204. The number of hydrogen-bond donors (Lipinski definition) is 1. The third kappa shape index (κ3) is 2.12. The number of alkyl halides is 3. The van der Waals surface area contributed by atoms with E-state index in [1.807, 2.05) is 0 Å². The molecule has 1 saturated heterocycles. The molecule has 6 heteroatoms. The van der Waals surface area contributed by atoms with Crippen molar-refractivity contribution >= 4 is 5.97 Å². The molecule has 1 N–H and O–H groups in total. The van der Waals surface area contributed by atoms with Gasteiger partial charge in [0.2, 0.25) is 0 Å². The summed E-state index contributed by atoms with van der Waals surface area (Å²) in [6.45, 7) is -0.167. The third-order valence-electron chi connectivity index (χ3n) is 2.14. The average Bonchev–Trinajstić information content (AvgIpc) is 2.49. The summed E-state index contributed by atoms with van der Waals surface area (Å²) in [6, 6.07) is 0. The molecule has 3 nitrogen and oxygen atoms in total. The first-order valence-corrected chi connectivity index (χ1v) is 3.82. The Kier molecular flexibility index (Phi) is 2.80. The van der Waals surface area contributed by atoms with Crippen LogP contribution in [0.3, 0.4) is 0 Å². The quantitative estimate of drug-likeness (QED) is 0.624. The van der Waals surface area contributed by atoms with Crippen molar-refractivity contribution < 1.29 is 22.7 Å². The number of esters is 1. The van der Waals surface area contributed by atoms with E-state index < -0.39 is 24.0 Å². The fourth-order valence-corrected chi connectivity index (χ4v) is 1.42. The van der Waals surface area contributed by atoms with Crippen LogP contribution >= 0.6 is 0 Å². The van der Waals surface area contributed by atoms with Crippen LogP contribution in [-0.4, -0.2) is 32.3 Å². The number of halogens is 3. The van der Waals surface area contributed by atoms with Crippen molar-refractivity contribution in [3.63, 3.8) is 0 Å². The normalized spacial score (nSPS) is 28.9. The highest BCUT2D eigenvalue weighted by molar-refractivity contribution is 5.73. The zero-order chi connectivity index (χ0) is 10.1. The molecule has 0 amide bonds. The second-order valence-electron chi connectivity index (χ2n) is 2.94. The fraction of sp³-hybridized carbons (Fsp3) is 0.857. The summed E-state index contributed by atoms with van der Waals surface area (Å²) in [6.07, 6.45) is -4.33. The minimum absolute atomic E-state index is 0.0385. The van der Waals surface area contributed by atoms with Crippen molar-refractivity contribution in [2.24, 2.45) is 11.8 Å². The van der Waals surface area contributed by atoms with Crippen molar-refractivity contribution in [3.8, 4) is 0 Å². The van der Waals surface area contributed by atoms with Gasteiger partial charge in [0.25, 0.3) is 0 Å². The first-order chi connectivity index (χ1) is 5.96. The number of ether oxygens (including phenoxy) is 1. The molecule has 76 valence electrons. The second-order valence-corrected chi connectivity index (χ2v) is 2.94. The summed E-state index contributed by atoms with van der Waals surface area (Å²) in [5.74, 6) is -3.50. The molecular formula is C7H10F3NO2. The molecule has 2 unspecified atom stereocenters. The predicted octanol–water partition coefficient (Wildman–Crippen LogP) is 0.557. The maximum absolute atomic E-state index is 12.3. The maximum Gasteiger partial charge on any atom is 0.393 e.